The number of carbonyl (C=O) groups is 1. The molecule has 0 aliphatic carbocycles. The molecule has 0 saturated carbocycles. The van der Waals surface area contributed by atoms with E-state index in [1.165, 1.54) is 11.5 Å². The van der Waals surface area contributed by atoms with Crippen molar-refractivity contribution in [3.8, 4) is 11.3 Å². The summed E-state index contributed by atoms with van der Waals surface area (Å²) < 4.78 is 5.25. The van der Waals surface area contributed by atoms with Crippen LogP contribution in [0.15, 0.2) is 40.8 Å². The monoisotopic (exact) mass is 237 g/mol. The van der Waals surface area contributed by atoms with Gasteiger partial charge in [-0.2, -0.15) is 0 Å². The third-order valence-electron chi connectivity index (χ3n) is 2.04. The summed E-state index contributed by atoms with van der Waals surface area (Å²) in [6, 6.07) is 10.2. The number of benzene rings is 1. The Kier molecular flexibility index (Phi) is 2.94. The van der Waals surface area contributed by atoms with Crippen molar-refractivity contribution in [2.75, 3.05) is 0 Å². The maximum absolute atomic E-state index is 11.0. The first-order chi connectivity index (χ1) is 7.70. The molecule has 1 amide bonds. The van der Waals surface area contributed by atoms with Gasteiger partial charge < -0.3 is 4.42 Å². The van der Waals surface area contributed by atoms with Gasteiger partial charge in [0.15, 0.2) is 5.76 Å². The number of furan rings is 1. The SMILES string of the molecule is O=C(NO)c1ccc(-c2cccc(Cl)c2)o1. The number of hydrogen-bond acceptors (Lipinski definition) is 3. The van der Waals surface area contributed by atoms with Crippen molar-refractivity contribution >= 4 is 17.5 Å². The summed E-state index contributed by atoms with van der Waals surface area (Å²) in [5, 5.41) is 9.02. The summed E-state index contributed by atoms with van der Waals surface area (Å²) in [5.41, 5.74) is 2.27. The average Bonchev–Trinajstić information content (AvgIpc) is 2.77. The summed E-state index contributed by atoms with van der Waals surface area (Å²) in [6.07, 6.45) is 0. The van der Waals surface area contributed by atoms with E-state index in [-0.39, 0.29) is 5.76 Å². The van der Waals surface area contributed by atoms with E-state index in [2.05, 4.69) is 0 Å². The zero-order valence-corrected chi connectivity index (χ0v) is 8.86. The van der Waals surface area contributed by atoms with E-state index in [4.69, 9.17) is 21.2 Å². The molecule has 1 aromatic carbocycles. The van der Waals surface area contributed by atoms with Crippen LogP contribution in [0.1, 0.15) is 10.6 Å². The molecule has 0 aliphatic rings. The Hall–Kier alpha value is -1.78. The van der Waals surface area contributed by atoms with Crippen LogP contribution in [0.4, 0.5) is 0 Å². The molecule has 1 heterocycles. The first kappa shape index (κ1) is 10.7. The lowest BCUT2D eigenvalue weighted by atomic mass is 10.2. The lowest BCUT2D eigenvalue weighted by molar-refractivity contribution is 0.0677. The van der Waals surface area contributed by atoms with Gasteiger partial charge in [0.1, 0.15) is 5.76 Å². The first-order valence-electron chi connectivity index (χ1n) is 4.51. The van der Waals surface area contributed by atoms with Gasteiger partial charge in [-0.3, -0.25) is 10.0 Å². The molecule has 1 aromatic heterocycles. The highest BCUT2D eigenvalue weighted by atomic mass is 35.5. The second kappa shape index (κ2) is 4.38. The van der Waals surface area contributed by atoms with E-state index in [0.29, 0.717) is 10.8 Å². The summed E-state index contributed by atoms with van der Waals surface area (Å²) in [5.74, 6) is -0.133. The Morgan fingerprint density at radius 3 is 2.81 bits per heavy atom. The average molecular weight is 238 g/mol. The van der Waals surface area contributed by atoms with Crippen molar-refractivity contribution < 1.29 is 14.4 Å². The van der Waals surface area contributed by atoms with Gasteiger partial charge in [0.2, 0.25) is 0 Å². The lowest BCUT2D eigenvalue weighted by Crippen LogP contribution is -2.17. The second-order valence-electron chi connectivity index (χ2n) is 3.12. The maximum atomic E-state index is 11.0. The molecule has 0 bridgehead atoms. The van der Waals surface area contributed by atoms with Crippen LogP contribution in [0.3, 0.4) is 0 Å². The number of amides is 1. The second-order valence-corrected chi connectivity index (χ2v) is 3.55. The molecule has 5 heteroatoms. The molecule has 0 atom stereocenters. The summed E-state index contributed by atoms with van der Waals surface area (Å²) in [6.45, 7) is 0. The van der Waals surface area contributed by atoms with Crippen molar-refractivity contribution in [2.45, 2.75) is 0 Å². The Morgan fingerprint density at radius 1 is 1.31 bits per heavy atom. The molecule has 0 spiro atoms. The van der Waals surface area contributed by atoms with E-state index in [9.17, 15) is 4.79 Å². The Morgan fingerprint density at radius 2 is 2.12 bits per heavy atom. The zero-order valence-electron chi connectivity index (χ0n) is 8.11. The topological polar surface area (TPSA) is 62.5 Å². The van der Waals surface area contributed by atoms with Crippen molar-refractivity contribution in [2.24, 2.45) is 0 Å². The number of hydroxylamine groups is 1. The molecule has 2 N–H and O–H groups in total. The van der Waals surface area contributed by atoms with Gasteiger partial charge >= 0.3 is 5.91 Å². The Balaban J connectivity index is 2.35. The number of carbonyl (C=O) groups excluding carboxylic acids is 1. The molecule has 2 aromatic rings. The van der Waals surface area contributed by atoms with Gasteiger partial charge in [0, 0.05) is 10.6 Å². The normalized spacial score (nSPS) is 10.1. The van der Waals surface area contributed by atoms with Gasteiger partial charge in [-0.25, -0.2) is 5.48 Å². The van der Waals surface area contributed by atoms with Gasteiger partial charge in [0.05, 0.1) is 0 Å². The highest BCUT2D eigenvalue weighted by Crippen LogP contribution is 2.24. The van der Waals surface area contributed by atoms with Gasteiger partial charge in [-0.1, -0.05) is 23.7 Å². The number of rotatable bonds is 2. The maximum Gasteiger partial charge on any atom is 0.310 e. The van der Waals surface area contributed by atoms with Crippen LogP contribution in [0.25, 0.3) is 11.3 Å². The van der Waals surface area contributed by atoms with Crippen LogP contribution in [0.5, 0.6) is 0 Å². The number of halogens is 1. The molecule has 16 heavy (non-hydrogen) atoms. The van der Waals surface area contributed by atoms with Crippen LogP contribution >= 0.6 is 11.6 Å². The van der Waals surface area contributed by atoms with E-state index in [0.717, 1.165) is 5.56 Å². The van der Waals surface area contributed by atoms with E-state index in [1.807, 2.05) is 6.07 Å². The van der Waals surface area contributed by atoms with Crippen molar-refractivity contribution in [3.05, 3.63) is 47.2 Å². The third-order valence-corrected chi connectivity index (χ3v) is 2.28. The minimum Gasteiger partial charge on any atom is -0.451 e. The number of nitrogens with one attached hydrogen (secondary N) is 1. The standard InChI is InChI=1S/C11H8ClNO3/c12-8-3-1-2-7(6-8)9-4-5-10(16-9)11(14)13-15/h1-6,15H,(H,13,14). The minimum absolute atomic E-state index is 0.0393. The van der Waals surface area contributed by atoms with Crippen LogP contribution in [0.2, 0.25) is 5.02 Å². The summed E-state index contributed by atoms with van der Waals surface area (Å²) in [4.78, 5) is 11.0. The molecule has 4 nitrogen and oxygen atoms in total. The van der Waals surface area contributed by atoms with E-state index in [1.54, 1.807) is 24.3 Å². The van der Waals surface area contributed by atoms with Crippen LogP contribution in [-0.4, -0.2) is 11.1 Å². The molecule has 0 aliphatic heterocycles. The van der Waals surface area contributed by atoms with Crippen LogP contribution in [-0.2, 0) is 0 Å². The fraction of sp³-hybridized carbons (Fsp3) is 0. The smallest absolute Gasteiger partial charge is 0.310 e. The van der Waals surface area contributed by atoms with Crippen LogP contribution in [0, 0.1) is 0 Å². The van der Waals surface area contributed by atoms with E-state index >= 15 is 0 Å². The molecule has 82 valence electrons. The fourth-order valence-electron chi connectivity index (χ4n) is 1.31. The van der Waals surface area contributed by atoms with Gasteiger partial charge in [0.25, 0.3) is 0 Å². The van der Waals surface area contributed by atoms with E-state index < -0.39 is 5.91 Å². The zero-order chi connectivity index (χ0) is 11.5. The Labute approximate surface area is 96.4 Å². The van der Waals surface area contributed by atoms with Gasteiger partial charge in [-0.05, 0) is 24.3 Å². The molecular formula is C11H8ClNO3. The first-order valence-corrected chi connectivity index (χ1v) is 4.88. The predicted octanol–water partition coefficient (Wildman–Crippen LogP) is 2.72. The third kappa shape index (κ3) is 2.08. The van der Waals surface area contributed by atoms with Crippen molar-refractivity contribution in [1.29, 1.82) is 0 Å². The van der Waals surface area contributed by atoms with Crippen LogP contribution < -0.4 is 5.48 Å². The highest BCUT2D eigenvalue weighted by Gasteiger charge is 2.11. The Bertz CT molecular complexity index is 521. The fourth-order valence-corrected chi connectivity index (χ4v) is 1.50. The lowest BCUT2D eigenvalue weighted by Gasteiger charge is -1.97. The summed E-state index contributed by atoms with van der Waals surface area (Å²) in [7, 11) is 0. The van der Waals surface area contributed by atoms with Gasteiger partial charge in [-0.15, -0.1) is 0 Å². The highest BCUT2D eigenvalue weighted by molar-refractivity contribution is 6.30. The molecule has 0 radical (unpaired) electrons. The molecule has 0 fully saturated rings. The van der Waals surface area contributed by atoms with Crippen molar-refractivity contribution in [1.82, 2.24) is 5.48 Å². The molecule has 0 saturated heterocycles. The largest absolute Gasteiger partial charge is 0.451 e. The quantitative estimate of drug-likeness (QED) is 0.624. The number of hydrogen-bond donors (Lipinski definition) is 2. The minimum atomic E-state index is -0.687. The van der Waals surface area contributed by atoms with Crippen molar-refractivity contribution in [3.63, 3.8) is 0 Å². The molecule has 0 unspecified atom stereocenters. The summed E-state index contributed by atoms with van der Waals surface area (Å²) >= 11 is 5.83. The predicted molar refractivity (Wildman–Crippen MR) is 58.4 cm³/mol. The molecule has 2 rings (SSSR count). The molecular weight excluding hydrogens is 230 g/mol.